The van der Waals surface area contributed by atoms with E-state index in [-0.39, 0.29) is 5.91 Å². The summed E-state index contributed by atoms with van der Waals surface area (Å²) in [7, 11) is 0. The molecule has 0 spiro atoms. The van der Waals surface area contributed by atoms with Gasteiger partial charge in [0, 0.05) is 30.4 Å². The van der Waals surface area contributed by atoms with E-state index in [1.54, 1.807) is 0 Å². The molecule has 2 atom stereocenters. The highest BCUT2D eigenvalue weighted by molar-refractivity contribution is 5.95. The summed E-state index contributed by atoms with van der Waals surface area (Å²) in [6, 6.07) is 6.65. The van der Waals surface area contributed by atoms with Gasteiger partial charge in [-0.05, 0) is 55.4 Å². The number of amides is 1. The van der Waals surface area contributed by atoms with Crippen LogP contribution in [0.3, 0.4) is 0 Å². The third-order valence-electron chi connectivity index (χ3n) is 4.73. The Bertz CT molecular complexity index is 511. The van der Waals surface area contributed by atoms with Crippen LogP contribution in [0.4, 0.5) is 5.69 Å². The number of hydrogen-bond donors (Lipinski definition) is 1. The topological polar surface area (TPSA) is 32.3 Å². The standard InChI is InChI=1S/C15H18N2O/c18-15(17-9-10-1-3-13(17)7-10)12-2-4-14-11(8-12)5-6-16-14/h2,4,8,10,13,16H,1,3,5-7,9H2. The lowest BCUT2D eigenvalue weighted by atomic mass is 10.1. The molecule has 0 aromatic heterocycles. The van der Waals surface area contributed by atoms with Crippen LogP contribution in [-0.4, -0.2) is 29.9 Å². The Hall–Kier alpha value is -1.51. The number of carbonyl (C=O) groups excluding carboxylic acids is 1. The van der Waals surface area contributed by atoms with Crippen molar-refractivity contribution in [2.75, 3.05) is 18.4 Å². The van der Waals surface area contributed by atoms with Crippen LogP contribution in [0.1, 0.15) is 35.2 Å². The Morgan fingerprint density at radius 2 is 2.28 bits per heavy atom. The molecule has 1 aromatic rings. The molecule has 2 heterocycles. The molecule has 0 radical (unpaired) electrons. The molecule has 2 bridgehead atoms. The number of nitrogens with one attached hydrogen (secondary N) is 1. The van der Waals surface area contributed by atoms with Crippen LogP contribution < -0.4 is 5.32 Å². The molecule has 2 fully saturated rings. The van der Waals surface area contributed by atoms with Crippen LogP contribution in [0.25, 0.3) is 0 Å². The van der Waals surface area contributed by atoms with Crippen molar-refractivity contribution in [3.05, 3.63) is 29.3 Å². The van der Waals surface area contributed by atoms with Crippen LogP contribution in [0.2, 0.25) is 0 Å². The summed E-state index contributed by atoms with van der Waals surface area (Å²) in [6.45, 7) is 1.99. The summed E-state index contributed by atoms with van der Waals surface area (Å²) < 4.78 is 0. The number of carbonyl (C=O) groups is 1. The van der Waals surface area contributed by atoms with Crippen molar-refractivity contribution in [3.8, 4) is 0 Å². The van der Waals surface area contributed by atoms with Crippen molar-refractivity contribution in [1.82, 2.24) is 4.90 Å². The smallest absolute Gasteiger partial charge is 0.254 e. The Morgan fingerprint density at radius 1 is 1.33 bits per heavy atom. The van der Waals surface area contributed by atoms with Crippen molar-refractivity contribution in [2.24, 2.45) is 5.92 Å². The molecule has 2 aliphatic heterocycles. The fourth-order valence-corrected chi connectivity index (χ4v) is 3.78. The SMILES string of the molecule is O=C(c1ccc2c(c1)CCN2)N1CC2CCC1C2. The minimum Gasteiger partial charge on any atom is -0.384 e. The summed E-state index contributed by atoms with van der Waals surface area (Å²) in [4.78, 5) is 14.7. The van der Waals surface area contributed by atoms with Crippen molar-refractivity contribution in [3.63, 3.8) is 0 Å². The van der Waals surface area contributed by atoms with Crippen LogP contribution in [0.5, 0.6) is 0 Å². The molecule has 94 valence electrons. The molecule has 1 saturated heterocycles. The van der Waals surface area contributed by atoms with Crippen LogP contribution >= 0.6 is 0 Å². The fourth-order valence-electron chi connectivity index (χ4n) is 3.78. The van der Waals surface area contributed by atoms with E-state index in [2.05, 4.69) is 22.3 Å². The zero-order valence-corrected chi connectivity index (χ0v) is 10.5. The zero-order valence-electron chi connectivity index (χ0n) is 10.5. The van der Waals surface area contributed by atoms with E-state index < -0.39 is 0 Å². The molecule has 4 rings (SSSR count). The van der Waals surface area contributed by atoms with Gasteiger partial charge in [0.25, 0.3) is 5.91 Å². The molecule has 1 N–H and O–H groups in total. The number of benzene rings is 1. The average molecular weight is 242 g/mol. The highest BCUT2D eigenvalue weighted by Gasteiger charge is 2.40. The maximum atomic E-state index is 12.5. The lowest BCUT2D eigenvalue weighted by molar-refractivity contribution is 0.0703. The number of anilines is 1. The highest BCUT2D eigenvalue weighted by Crippen LogP contribution is 2.38. The largest absolute Gasteiger partial charge is 0.384 e. The Kier molecular flexibility index (Phi) is 2.16. The van der Waals surface area contributed by atoms with Gasteiger partial charge >= 0.3 is 0 Å². The first kappa shape index (κ1) is 10.4. The average Bonchev–Trinajstić information content (AvgIpc) is 3.12. The van der Waals surface area contributed by atoms with E-state index in [1.165, 1.54) is 30.5 Å². The predicted molar refractivity (Wildman–Crippen MR) is 70.8 cm³/mol. The number of fused-ring (bicyclic) bond motifs is 3. The minimum atomic E-state index is 0.247. The molecular formula is C15H18N2O. The van der Waals surface area contributed by atoms with Gasteiger partial charge in [-0.25, -0.2) is 0 Å². The van der Waals surface area contributed by atoms with Crippen LogP contribution in [0, 0.1) is 5.92 Å². The van der Waals surface area contributed by atoms with Gasteiger partial charge in [-0.1, -0.05) is 0 Å². The van der Waals surface area contributed by atoms with Gasteiger partial charge in [0.15, 0.2) is 0 Å². The third kappa shape index (κ3) is 1.46. The first-order valence-electron chi connectivity index (χ1n) is 6.99. The molecular weight excluding hydrogens is 224 g/mol. The maximum absolute atomic E-state index is 12.5. The normalized spacial score (nSPS) is 28.3. The molecule has 1 aromatic carbocycles. The predicted octanol–water partition coefficient (Wildman–Crippen LogP) is 2.28. The summed E-state index contributed by atoms with van der Waals surface area (Å²) >= 11 is 0. The second-order valence-corrected chi connectivity index (χ2v) is 5.84. The third-order valence-corrected chi connectivity index (χ3v) is 4.73. The van der Waals surface area contributed by atoms with E-state index >= 15 is 0 Å². The van der Waals surface area contributed by atoms with Crippen molar-refractivity contribution in [2.45, 2.75) is 31.7 Å². The summed E-state index contributed by atoms with van der Waals surface area (Å²) in [5.41, 5.74) is 3.38. The van der Waals surface area contributed by atoms with Gasteiger partial charge in [-0.2, -0.15) is 0 Å². The van der Waals surface area contributed by atoms with E-state index in [4.69, 9.17) is 0 Å². The minimum absolute atomic E-state index is 0.247. The number of piperidine rings is 1. The Balaban J connectivity index is 1.61. The number of nitrogens with zero attached hydrogens (tertiary/aromatic N) is 1. The van der Waals surface area contributed by atoms with Crippen molar-refractivity contribution >= 4 is 11.6 Å². The summed E-state index contributed by atoms with van der Waals surface area (Å²) in [6.07, 6.45) is 4.81. The summed E-state index contributed by atoms with van der Waals surface area (Å²) in [5, 5.41) is 3.34. The zero-order chi connectivity index (χ0) is 12.1. The monoisotopic (exact) mass is 242 g/mol. The molecule has 18 heavy (non-hydrogen) atoms. The van der Waals surface area contributed by atoms with Gasteiger partial charge < -0.3 is 10.2 Å². The molecule has 1 aliphatic carbocycles. The second kappa shape index (κ2) is 3.74. The van der Waals surface area contributed by atoms with Gasteiger partial charge in [-0.3, -0.25) is 4.79 Å². The van der Waals surface area contributed by atoms with Gasteiger partial charge in [0.2, 0.25) is 0 Å². The van der Waals surface area contributed by atoms with Crippen molar-refractivity contribution in [1.29, 1.82) is 0 Å². The molecule has 3 nitrogen and oxygen atoms in total. The van der Waals surface area contributed by atoms with Gasteiger partial charge in [-0.15, -0.1) is 0 Å². The molecule has 1 saturated carbocycles. The summed E-state index contributed by atoms with van der Waals surface area (Å²) in [5.74, 6) is 1.02. The van der Waals surface area contributed by atoms with E-state index in [9.17, 15) is 4.79 Å². The van der Waals surface area contributed by atoms with Crippen LogP contribution in [-0.2, 0) is 6.42 Å². The fraction of sp³-hybridized carbons (Fsp3) is 0.533. The molecule has 2 unspecified atom stereocenters. The number of hydrogen-bond acceptors (Lipinski definition) is 2. The van der Waals surface area contributed by atoms with Gasteiger partial charge in [0.05, 0.1) is 0 Å². The molecule has 3 aliphatic rings. The highest BCUT2D eigenvalue weighted by atomic mass is 16.2. The van der Waals surface area contributed by atoms with Crippen molar-refractivity contribution < 1.29 is 4.79 Å². The van der Waals surface area contributed by atoms with Crippen LogP contribution in [0.15, 0.2) is 18.2 Å². The first-order chi connectivity index (χ1) is 8.81. The Labute approximate surface area is 107 Å². The molecule has 1 amide bonds. The quantitative estimate of drug-likeness (QED) is 0.819. The molecule has 3 heteroatoms. The van der Waals surface area contributed by atoms with E-state index in [0.717, 1.165) is 31.0 Å². The van der Waals surface area contributed by atoms with E-state index in [0.29, 0.717) is 6.04 Å². The second-order valence-electron chi connectivity index (χ2n) is 5.84. The number of likely N-dealkylation sites (tertiary alicyclic amines) is 1. The lowest BCUT2D eigenvalue weighted by Gasteiger charge is -2.27. The Morgan fingerprint density at radius 3 is 3.06 bits per heavy atom. The van der Waals surface area contributed by atoms with Gasteiger partial charge in [0.1, 0.15) is 0 Å². The lowest BCUT2D eigenvalue weighted by Crippen LogP contribution is -2.37. The first-order valence-corrected chi connectivity index (χ1v) is 6.99. The number of rotatable bonds is 1. The maximum Gasteiger partial charge on any atom is 0.254 e. The van der Waals surface area contributed by atoms with E-state index in [1.807, 2.05) is 6.07 Å².